The number of carbonyl (C=O) groups is 2. The summed E-state index contributed by atoms with van der Waals surface area (Å²) < 4.78 is 0. The summed E-state index contributed by atoms with van der Waals surface area (Å²) in [6, 6.07) is 0. The van der Waals surface area contributed by atoms with Gasteiger partial charge in [-0.15, -0.1) is 0 Å². The second kappa shape index (κ2) is 6.12. The second-order valence-electron chi connectivity index (χ2n) is 6.53. The fourth-order valence-electron chi connectivity index (χ4n) is 3.54. The number of aliphatic carboxylic acids is 1. The molecule has 2 saturated carbocycles. The normalized spacial score (nSPS) is 24.2. The number of amides is 1. The van der Waals surface area contributed by atoms with E-state index in [0.717, 1.165) is 44.9 Å². The van der Waals surface area contributed by atoms with Crippen molar-refractivity contribution in [3.8, 4) is 0 Å². The summed E-state index contributed by atoms with van der Waals surface area (Å²) in [6.45, 7) is 0.252. The monoisotopic (exact) mass is 283 g/mol. The number of carboxylic acid groups (broad SMARTS) is 1. The molecule has 0 atom stereocenters. The van der Waals surface area contributed by atoms with E-state index in [1.165, 1.54) is 0 Å². The predicted octanol–water partition coefficient (Wildman–Crippen LogP) is 1.83. The molecular weight excluding hydrogens is 258 g/mol. The van der Waals surface area contributed by atoms with Crippen molar-refractivity contribution in [3.05, 3.63) is 0 Å². The average molecular weight is 283 g/mol. The van der Waals surface area contributed by atoms with Gasteiger partial charge >= 0.3 is 5.97 Å². The van der Waals surface area contributed by atoms with Gasteiger partial charge in [0.2, 0.25) is 5.91 Å². The first kappa shape index (κ1) is 15.3. The number of aliphatic hydroxyl groups is 1. The summed E-state index contributed by atoms with van der Waals surface area (Å²) in [5.41, 5.74) is -1.67. The van der Waals surface area contributed by atoms with Gasteiger partial charge in [0.25, 0.3) is 0 Å². The van der Waals surface area contributed by atoms with Gasteiger partial charge in [0.15, 0.2) is 0 Å². The standard InChI is InChI=1S/C15H25NO4/c17-12(10-14(13(18)19)6-4-5-7-14)16-11-15(20)8-2-1-3-9-15/h20H,1-11H2,(H,16,17)(H,18,19). The highest BCUT2D eigenvalue weighted by Gasteiger charge is 2.43. The molecule has 0 aromatic carbocycles. The van der Waals surface area contributed by atoms with Crippen molar-refractivity contribution in [1.29, 1.82) is 0 Å². The lowest BCUT2D eigenvalue weighted by atomic mass is 9.82. The Morgan fingerprint density at radius 1 is 0.950 bits per heavy atom. The van der Waals surface area contributed by atoms with Crippen LogP contribution in [0, 0.1) is 5.41 Å². The topological polar surface area (TPSA) is 86.6 Å². The molecule has 20 heavy (non-hydrogen) atoms. The lowest BCUT2D eigenvalue weighted by Gasteiger charge is -2.32. The van der Waals surface area contributed by atoms with Crippen molar-refractivity contribution in [2.45, 2.75) is 69.8 Å². The van der Waals surface area contributed by atoms with Gasteiger partial charge in [0.1, 0.15) is 0 Å². The van der Waals surface area contributed by atoms with Crippen LogP contribution in [-0.2, 0) is 9.59 Å². The van der Waals surface area contributed by atoms with E-state index in [-0.39, 0.29) is 18.9 Å². The van der Waals surface area contributed by atoms with E-state index in [1.54, 1.807) is 0 Å². The molecule has 0 aromatic heterocycles. The summed E-state index contributed by atoms with van der Waals surface area (Å²) in [5.74, 6) is -1.10. The average Bonchev–Trinajstić information content (AvgIpc) is 2.87. The molecule has 0 aromatic rings. The van der Waals surface area contributed by atoms with Crippen molar-refractivity contribution < 1.29 is 19.8 Å². The Morgan fingerprint density at radius 3 is 2.05 bits per heavy atom. The molecular formula is C15H25NO4. The molecule has 0 bridgehead atoms. The zero-order valence-electron chi connectivity index (χ0n) is 12.0. The highest BCUT2D eigenvalue weighted by Crippen LogP contribution is 2.41. The van der Waals surface area contributed by atoms with Crippen LogP contribution in [0.4, 0.5) is 0 Å². The largest absolute Gasteiger partial charge is 0.481 e. The van der Waals surface area contributed by atoms with Crippen LogP contribution in [0.3, 0.4) is 0 Å². The Morgan fingerprint density at radius 2 is 1.50 bits per heavy atom. The summed E-state index contributed by atoms with van der Waals surface area (Å²) in [5, 5.41) is 22.4. The van der Waals surface area contributed by atoms with E-state index in [4.69, 9.17) is 0 Å². The smallest absolute Gasteiger partial charge is 0.310 e. The van der Waals surface area contributed by atoms with Gasteiger partial charge in [-0.2, -0.15) is 0 Å². The van der Waals surface area contributed by atoms with Gasteiger partial charge in [-0.1, -0.05) is 32.1 Å². The maximum atomic E-state index is 12.0. The second-order valence-corrected chi connectivity index (χ2v) is 6.53. The SMILES string of the molecule is O=C(CC1(C(=O)O)CCCC1)NCC1(O)CCCCC1. The molecule has 0 saturated heterocycles. The van der Waals surface area contributed by atoms with E-state index in [0.29, 0.717) is 12.8 Å². The van der Waals surface area contributed by atoms with Crippen LogP contribution in [0.1, 0.15) is 64.2 Å². The van der Waals surface area contributed by atoms with Gasteiger partial charge in [-0.3, -0.25) is 9.59 Å². The molecule has 0 radical (unpaired) electrons. The molecule has 2 aliphatic rings. The van der Waals surface area contributed by atoms with Crippen LogP contribution in [0.5, 0.6) is 0 Å². The minimum Gasteiger partial charge on any atom is -0.481 e. The van der Waals surface area contributed by atoms with E-state index in [9.17, 15) is 19.8 Å². The number of hydrogen-bond acceptors (Lipinski definition) is 3. The maximum Gasteiger partial charge on any atom is 0.310 e. The van der Waals surface area contributed by atoms with Gasteiger partial charge in [0.05, 0.1) is 11.0 Å². The van der Waals surface area contributed by atoms with Crippen LogP contribution in [0.2, 0.25) is 0 Å². The van der Waals surface area contributed by atoms with Gasteiger partial charge in [-0.05, 0) is 25.7 Å². The molecule has 2 aliphatic carbocycles. The number of nitrogens with one attached hydrogen (secondary N) is 1. The summed E-state index contributed by atoms with van der Waals surface area (Å²) in [6.07, 6.45) is 7.52. The maximum absolute atomic E-state index is 12.0. The fourth-order valence-corrected chi connectivity index (χ4v) is 3.54. The zero-order valence-corrected chi connectivity index (χ0v) is 12.0. The molecule has 0 aliphatic heterocycles. The Bertz CT molecular complexity index is 368. The van der Waals surface area contributed by atoms with E-state index < -0.39 is 17.0 Å². The lowest BCUT2D eigenvalue weighted by Crippen LogP contribution is -2.45. The quantitative estimate of drug-likeness (QED) is 0.718. The van der Waals surface area contributed by atoms with Crippen molar-refractivity contribution in [1.82, 2.24) is 5.32 Å². The van der Waals surface area contributed by atoms with Crippen LogP contribution in [-0.4, -0.2) is 34.2 Å². The van der Waals surface area contributed by atoms with Crippen molar-refractivity contribution in [2.24, 2.45) is 5.41 Å². The third-order valence-electron chi connectivity index (χ3n) is 4.91. The number of rotatable bonds is 5. The van der Waals surface area contributed by atoms with E-state index in [2.05, 4.69) is 5.32 Å². The Labute approximate surface area is 119 Å². The number of carboxylic acids is 1. The van der Waals surface area contributed by atoms with Crippen LogP contribution < -0.4 is 5.32 Å². The molecule has 0 spiro atoms. The van der Waals surface area contributed by atoms with Crippen molar-refractivity contribution in [3.63, 3.8) is 0 Å². The Kier molecular flexibility index (Phi) is 4.68. The minimum absolute atomic E-state index is 0.0401. The van der Waals surface area contributed by atoms with Gasteiger partial charge < -0.3 is 15.5 Å². The van der Waals surface area contributed by atoms with Crippen LogP contribution >= 0.6 is 0 Å². The molecule has 0 heterocycles. The molecule has 5 nitrogen and oxygen atoms in total. The van der Waals surface area contributed by atoms with Gasteiger partial charge in [-0.25, -0.2) is 0 Å². The molecule has 114 valence electrons. The molecule has 5 heteroatoms. The van der Waals surface area contributed by atoms with E-state index >= 15 is 0 Å². The summed E-state index contributed by atoms with van der Waals surface area (Å²) >= 11 is 0. The molecule has 1 amide bonds. The minimum atomic E-state index is -0.876. The first-order valence-electron chi connectivity index (χ1n) is 7.68. The van der Waals surface area contributed by atoms with Crippen molar-refractivity contribution in [2.75, 3.05) is 6.54 Å². The number of carbonyl (C=O) groups excluding carboxylic acids is 1. The van der Waals surface area contributed by atoms with Crippen LogP contribution in [0.25, 0.3) is 0 Å². The zero-order chi connectivity index (χ0) is 14.6. The molecule has 2 fully saturated rings. The third-order valence-corrected chi connectivity index (χ3v) is 4.91. The van der Waals surface area contributed by atoms with Crippen LogP contribution in [0.15, 0.2) is 0 Å². The Hall–Kier alpha value is -1.10. The Balaban J connectivity index is 1.84. The van der Waals surface area contributed by atoms with Crippen molar-refractivity contribution >= 4 is 11.9 Å². The highest BCUT2D eigenvalue weighted by molar-refractivity contribution is 5.85. The summed E-state index contributed by atoms with van der Waals surface area (Å²) in [4.78, 5) is 23.4. The predicted molar refractivity (Wildman–Crippen MR) is 74.2 cm³/mol. The third kappa shape index (κ3) is 3.51. The molecule has 0 unspecified atom stereocenters. The summed E-state index contributed by atoms with van der Waals surface area (Å²) in [7, 11) is 0. The molecule has 3 N–H and O–H groups in total. The highest BCUT2D eigenvalue weighted by atomic mass is 16.4. The fraction of sp³-hybridized carbons (Fsp3) is 0.867. The molecule has 2 rings (SSSR count). The lowest BCUT2D eigenvalue weighted by molar-refractivity contribution is -0.151. The van der Waals surface area contributed by atoms with E-state index in [1.807, 2.05) is 0 Å². The van der Waals surface area contributed by atoms with Gasteiger partial charge in [0, 0.05) is 13.0 Å². The number of hydrogen-bond donors (Lipinski definition) is 3. The first-order chi connectivity index (χ1) is 9.46. The first-order valence-corrected chi connectivity index (χ1v) is 7.68.